The van der Waals surface area contributed by atoms with Crippen molar-refractivity contribution in [3.05, 3.63) is 184 Å². The maximum absolute atomic E-state index is 15.9. The first kappa shape index (κ1) is 39.7. The number of ether oxygens (including phenoxy) is 3. The minimum absolute atomic E-state index is 0.00785. The molecule has 3 aliphatic rings. The van der Waals surface area contributed by atoms with E-state index in [1.165, 1.54) is 30.3 Å². The van der Waals surface area contributed by atoms with Crippen LogP contribution in [0.5, 0.6) is 5.75 Å². The van der Waals surface area contributed by atoms with Crippen LogP contribution in [0.3, 0.4) is 0 Å². The first-order chi connectivity index (χ1) is 29.2. The van der Waals surface area contributed by atoms with E-state index in [9.17, 15) is 29.6 Å². The van der Waals surface area contributed by atoms with Crippen molar-refractivity contribution < 1.29 is 43.4 Å². The van der Waals surface area contributed by atoms with E-state index in [2.05, 4.69) is 11.9 Å². The number of morpholine rings is 1. The lowest BCUT2D eigenvalue weighted by Gasteiger charge is -2.46. The summed E-state index contributed by atoms with van der Waals surface area (Å²) in [6, 6.07) is 34.3. The molecule has 0 aromatic heterocycles. The molecule has 304 valence electrons. The summed E-state index contributed by atoms with van der Waals surface area (Å²) in [4.78, 5) is 73.7. The zero-order chi connectivity index (χ0) is 42.0. The van der Waals surface area contributed by atoms with Gasteiger partial charge in [-0.05, 0) is 58.1 Å². The summed E-state index contributed by atoms with van der Waals surface area (Å²) < 4.78 is 18.1. The van der Waals surface area contributed by atoms with Gasteiger partial charge in [-0.3, -0.25) is 29.4 Å². The Hall–Kier alpha value is -7.16. The number of non-ortho nitro benzene ring substituents is 1. The number of rotatable bonds is 12. The highest BCUT2D eigenvalue weighted by Crippen LogP contribution is 2.66. The Kier molecular flexibility index (Phi) is 11.0. The number of cyclic esters (lactones) is 1. The van der Waals surface area contributed by atoms with Gasteiger partial charge in [0.05, 0.1) is 35.2 Å². The minimum atomic E-state index is -1.98. The molecule has 3 amide bonds. The van der Waals surface area contributed by atoms with Crippen LogP contribution >= 0.6 is 0 Å². The lowest BCUT2D eigenvalue weighted by Crippen LogP contribution is -2.55. The Balaban J connectivity index is 1.36. The molecule has 14 heteroatoms. The van der Waals surface area contributed by atoms with Crippen LogP contribution in [0.1, 0.15) is 46.0 Å². The summed E-state index contributed by atoms with van der Waals surface area (Å²) in [7, 11) is 0. The minimum Gasteiger partial charge on any atom is -0.491 e. The number of amides is 3. The smallest absolute Gasteiger partial charge is 0.421 e. The molecule has 3 heterocycles. The number of fused-ring (bicyclic) bond motifs is 3. The second kappa shape index (κ2) is 16.6. The molecule has 60 heavy (non-hydrogen) atoms. The van der Waals surface area contributed by atoms with E-state index < -0.39 is 64.4 Å². The quantitative estimate of drug-likeness (QED) is 0.0629. The lowest BCUT2D eigenvalue weighted by molar-refractivity contribution is -0.384. The van der Waals surface area contributed by atoms with Gasteiger partial charge in [-0.2, -0.15) is 0 Å². The predicted octanol–water partition coefficient (Wildman–Crippen LogP) is 6.27. The van der Waals surface area contributed by atoms with Crippen LogP contribution in [-0.2, 0) is 35.9 Å². The van der Waals surface area contributed by atoms with Crippen LogP contribution in [0.2, 0.25) is 0 Å². The summed E-state index contributed by atoms with van der Waals surface area (Å²) in [5.41, 5.74) is 0.668. The summed E-state index contributed by atoms with van der Waals surface area (Å²) >= 11 is 0. The fourth-order valence-electron chi connectivity index (χ4n) is 8.99. The van der Waals surface area contributed by atoms with E-state index in [0.717, 1.165) is 10.5 Å². The van der Waals surface area contributed by atoms with Crippen LogP contribution in [0.15, 0.2) is 146 Å². The summed E-state index contributed by atoms with van der Waals surface area (Å²) in [5, 5.41) is 23.8. The molecule has 5 aromatic carbocycles. The number of aliphatic hydroxyl groups excluding tert-OH is 1. The lowest BCUT2D eigenvalue weighted by atomic mass is 9.65. The number of anilines is 1. The molecule has 0 radical (unpaired) electrons. The van der Waals surface area contributed by atoms with Gasteiger partial charge in [-0.15, -0.1) is 6.58 Å². The van der Waals surface area contributed by atoms with Crippen LogP contribution < -0.4 is 15.0 Å². The monoisotopic (exact) mass is 808 g/mol. The molecule has 14 nitrogen and oxygen atoms in total. The van der Waals surface area contributed by atoms with Crippen molar-refractivity contribution >= 4 is 35.3 Å². The molecule has 2 fully saturated rings. The Morgan fingerprint density at radius 1 is 0.867 bits per heavy atom. The van der Waals surface area contributed by atoms with Gasteiger partial charge >= 0.3 is 12.1 Å². The van der Waals surface area contributed by atoms with Crippen molar-refractivity contribution in [2.75, 3.05) is 24.7 Å². The van der Waals surface area contributed by atoms with Crippen molar-refractivity contribution in [2.45, 2.75) is 36.3 Å². The van der Waals surface area contributed by atoms with Gasteiger partial charge in [0.15, 0.2) is 0 Å². The molecular weight excluding hydrogens is 769 g/mol. The van der Waals surface area contributed by atoms with Crippen molar-refractivity contribution in [3.63, 3.8) is 0 Å². The van der Waals surface area contributed by atoms with Gasteiger partial charge in [0.1, 0.15) is 36.5 Å². The molecule has 8 rings (SSSR count). The van der Waals surface area contributed by atoms with Crippen molar-refractivity contribution in [1.82, 2.24) is 10.2 Å². The number of para-hydroxylation sites is 1. The number of benzene rings is 5. The Morgan fingerprint density at radius 3 is 2.22 bits per heavy atom. The molecule has 0 bridgehead atoms. The van der Waals surface area contributed by atoms with Crippen molar-refractivity contribution in [3.8, 4) is 5.75 Å². The molecule has 0 aliphatic carbocycles. The second-order valence-corrected chi connectivity index (χ2v) is 14.6. The van der Waals surface area contributed by atoms with E-state index in [-0.39, 0.29) is 37.7 Å². The normalized spacial score (nSPS) is 23.0. The number of nitrogens with one attached hydrogen (secondary N) is 1. The van der Waals surface area contributed by atoms with Crippen LogP contribution in [-0.4, -0.2) is 64.6 Å². The zero-order valence-electron chi connectivity index (χ0n) is 32.2. The second-order valence-electron chi connectivity index (χ2n) is 14.6. The Labute approximate surface area is 344 Å². The number of carbonyl (C=O) groups is 4. The molecular formula is C46H40N4O10. The van der Waals surface area contributed by atoms with Crippen molar-refractivity contribution in [2.24, 2.45) is 5.92 Å². The number of esters is 1. The Morgan fingerprint density at radius 2 is 1.53 bits per heavy atom. The SMILES string of the molecule is C=CCNC(=O)[C@@H]1[C@H]2C(=O)O[C@H](c3ccccc3)[C@H](c3ccccc3)N2[C@H](c2cccc(OCCO)c2)[C@@]12C(=O)N(C(=O)OCc1ccc([N+](=O)[O-])cc1)c1ccccc12. The fourth-order valence-corrected chi connectivity index (χ4v) is 8.99. The highest BCUT2D eigenvalue weighted by molar-refractivity contribution is 6.23. The van der Waals surface area contributed by atoms with Crippen LogP contribution in [0, 0.1) is 16.0 Å². The number of nitrogens with zero attached hydrogens (tertiary/aromatic N) is 3. The van der Waals surface area contributed by atoms with E-state index in [0.29, 0.717) is 28.0 Å². The number of aliphatic hydroxyl groups is 1. The van der Waals surface area contributed by atoms with E-state index in [4.69, 9.17) is 14.2 Å². The van der Waals surface area contributed by atoms with Gasteiger partial charge in [0.2, 0.25) is 11.8 Å². The summed E-state index contributed by atoms with van der Waals surface area (Å²) in [5.74, 6) is -3.32. The summed E-state index contributed by atoms with van der Waals surface area (Å²) in [6.45, 7) is 3.15. The first-order valence-electron chi connectivity index (χ1n) is 19.3. The average molecular weight is 809 g/mol. The molecule has 0 unspecified atom stereocenters. The molecule has 1 spiro atoms. The number of hydrogen-bond acceptors (Lipinski definition) is 11. The van der Waals surface area contributed by atoms with Gasteiger partial charge in [0, 0.05) is 18.7 Å². The number of imide groups is 1. The maximum atomic E-state index is 15.9. The molecule has 2 saturated heterocycles. The van der Waals surface area contributed by atoms with Gasteiger partial charge in [0.25, 0.3) is 5.69 Å². The fraction of sp³-hybridized carbons (Fsp3) is 0.217. The number of hydrogen-bond donors (Lipinski definition) is 2. The molecule has 2 N–H and O–H groups in total. The molecule has 0 saturated carbocycles. The number of nitro groups is 1. The molecule has 3 aliphatic heterocycles. The van der Waals surface area contributed by atoms with Crippen LogP contribution in [0.25, 0.3) is 0 Å². The van der Waals surface area contributed by atoms with E-state index in [1.54, 1.807) is 48.5 Å². The maximum Gasteiger partial charge on any atom is 0.421 e. The summed E-state index contributed by atoms with van der Waals surface area (Å²) in [6.07, 6.45) is -0.475. The highest BCUT2D eigenvalue weighted by atomic mass is 16.6. The topological polar surface area (TPSA) is 178 Å². The third-order valence-corrected chi connectivity index (χ3v) is 11.3. The largest absolute Gasteiger partial charge is 0.491 e. The third kappa shape index (κ3) is 6.74. The van der Waals surface area contributed by atoms with Crippen molar-refractivity contribution in [1.29, 1.82) is 0 Å². The van der Waals surface area contributed by atoms with E-state index >= 15 is 4.79 Å². The zero-order valence-corrected chi connectivity index (χ0v) is 32.2. The molecule has 5 aromatic rings. The number of nitro benzene ring substituents is 1. The van der Waals surface area contributed by atoms with Gasteiger partial charge < -0.3 is 24.6 Å². The third-order valence-electron chi connectivity index (χ3n) is 11.3. The standard InChI is InChI=1S/C46H40N4O10/c1-2-24-47-42(52)37-39-43(53)60-40(31-14-7-4-8-15-31)38(30-12-5-3-6-13-30)49(39)41(32-16-11-17-34(27-32)58-26-25-51)46(37)35-18-9-10-19-36(35)48(44(46)54)45(55)59-28-29-20-22-33(23-21-29)50(56)57/h2-23,27,37-41,51H,1,24-26,28H2,(H,47,52)/t37-,38-,39-,40+,41+,46-/m0/s1. The van der Waals surface area contributed by atoms with Gasteiger partial charge in [-0.25, -0.2) is 9.69 Å². The predicted molar refractivity (Wildman–Crippen MR) is 217 cm³/mol. The highest BCUT2D eigenvalue weighted by Gasteiger charge is 2.75. The average Bonchev–Trinajstić information content (AvgIpc) is 3.74. The Bertz CT molecular complexity index is 2450. The van der Waals surface area contributed by atoms with E-state index in [1.807, 2.05) is 65.6 Å². The van der Waals surface area contributed by atoms with Crippen LogP contribution in [0.4, 0.5) is 16.2 Å². The van der Waals surface area contributed by atoms with Gasteiger partial charge in [-0.1, -0.05) is 97.1 Å². The molecule has 6 atom stereocenters. The first-order valence-corrected chi connectivity index (χ1v) is 19.3. The number of carbonyl (C=O) groups excluding carboxylic acids is 4.